The van der Waals surface area contributed by atoms with Gasteiger partial charge in [0.15, 0.2) is 0 Å². The van der Waals surface area contributed by atoms with Gasteiger partial charge in [-0.2, -0.15) is 0 Å². The number of aliphatic carboxylic acids is 1. The van der Waals surface area contributed by atoms with Gasteiger partial charge in [-0.25, -0.2) is 4.98 Å². The maximum atomic E-state index is 12.8. The monoisotopic (exact) mass is 342 g/mol. The van der Waals surface area contributed by atoms with Gasteiger partial charge in [-0.3, -0.25) is 14.2 Å². The molecular formula is C17H14N2O6. The molecule has 0 fully saturated rings. The first-order valence-corrected chi connectivity index (χ1v) is 7.23. The van der Waals surface area contributed by atoms with E-state index in [1.165, 1.54) is 31.4 Å². The van der Waals surface area contributed by atoms with Crippen molar-refractivity contribution in [2.24, 2.45) is 0 Å². The first kappa shape index (κ1) is 16.3. The van der Waals surface area contributed by atoms with E-state index in [1.54, 1.807) is 12.1 Å². The van der Waals surface area contributed by atoms with Crippen molar-refractivity contribution in [2.45, 2.75) is 6.54 Å². The van der Waals surface area contributed by atoms with E-state index in [2.05, 4.69) is 4.98 Å². The number of nitrogens with zero attached hydrogens (tertiary/aromatic N) is 2. The zero-order valence-electron chi connectivity index (χ0n) is 13.1. The van der Waals surface area contributed by atoms with Crippen molar-refractivity contribution in [3.05, 3.63) is 46.8 Å². The number of aromatic nitrogens is 2. The standard InChI is InChI=1S/C17H14N2O6/c1-25-10-3-4-12-13(7-10)19(8-15(22)23)17(24)16(18-12)11-6-9(20)2-5-14(11)21/h2-7,20-21H,8H2,1H3,(H,22,23). The van der Waals surface area contributed by atoms with Crippen LogP contribution < -0.4 is 10.3 Å². The lowest BCUT2D eigenvalue weighted by Gasteiger charge is -2.12. The summed E-state index contributed by atoms with van der Waals surface area (Å²) in [5.74, 6) is -1.17. The third-order valence-electron chi connectivity index (χ3n) is 3.68. The highest BCUT2D eigenvalue weighted by molar-refractivity contribution is 5.82. The molecule has 1 heterocycles. The predicted molar refractivity (Wildman–Crippen MR) is 89.0 cm³/mol. The third-order valence-corrected chi connectivity index (χ3v) is 3.68. The van der Waals surface area contributed by atoms with Crippen molar-refractivity contribution < 1.29 is 24.9 Å². The van der Waals surface area contributed by atoms with E-state index in [0.29, 0.717) is 11.3 Å². The minimum atomic E-state index is -1.21. The molecule has 8 nitrogen and oxygen atoms in total. The van der Waals surface area contributed by atoms with Crippen molar-refractivity contribution in [3.63, 3.8) is 0 Å². The summed E-state index contributed by atoms with van der Waals surface area (Å²) < 4.78 is 6.14. The lowest BCUT2D eigenvalue weighted by atomic mass is 10.1. The van der Waals surface area contributed by atoms with Crippen LogP contribution in [-0.2, 0) is 11.3 Å². The van der Waals surface area contributed by atoms with E-state index in [4.69, 9.17) is 9.84 Å². The molecule has 25 heavy (non-hydrogen) atoms. The molecule has 0 radical (unpaired) electrons. The Kier molecular flexibility index (Phi) is 4.02. The first-order chi connectivity index (χ1) is 11.9. The molecule has 0 spiro atoms. The Hall–Kier alpha value is -3.55. The zero-order valence-corrected chi connectivity index (χ0v) is 13.1. The van der Waals surface area contributed by atoms with E-state index >= 15 is 0 Å². The summed E-state index contributed by atoms with van der Waals surface area (Å²) in [6.07, 6.45) is 0. The topological polar surface area (TPSA) is 122 Å². The highest BCUT2D eigenvalue weighted by atomic mass is 16.5. The van der Waals surface area contributed by atoms with Crippen molar-refractivity contribution in [2.75, 3.05) is 7.11 Å². The molecule has 0 saturated heterocycles. The number of ether oxygens (including phenoxy) is 1. The molecule has 0 atom stereocenters. The van der Waals surface area contributed by atoms with Gasteiger partial charge in [0, 0.05) is 6.07 Å². The fourth-order valence-corrected chi connectivity index (χ4v) is 2.53. The maximum absolute atomic E-state index is 12.8. The van der Waals surface area contributed by atoms with Crippen molar-refractivity contribution in [3.8, 4) is 28.5 Å². The van der Waals surface area contributed by atoms with Crippen molar-refractivity contribution >= 4 is 17.0 Å². The number of hydrogen-bond acceptors (Lipinski definition) is 6. The van der Waals surface area contributed by atoms with E-state index in [1.807, 2.05) is 0 Å². The molecular weight excluding hydrogens is 328 g/mol. The van der Waals surface area contributed by atoms with Crippen LogP contribution in [-0.4, -0.2) is 37.9 Å². The number of carboxylic acids is 1. The molecule has 0 amide bonds. The number of carboxylic acid groups (broad SMARTS) is 1. The van der Waals surface area contributed by atoms with Gasteiger partial charge in [-0.15, -0.1) is 0 Å². The second-order valence-electron chi connectivity index (χ2n) is 5.30. The van der Waals surface area contributed by atoms with E-state index < -0.39 is 18.1 Å². The van der Waals surface area contributed by atoms with Gasteiger partial charge in [-0.05, 0) is 30.3 Å². The van der Waals surface area contributed by atoms with Crippen LogP contribution in [0.25, 0.3) is 22.3 Å². The molecule has 3 N–H and O–H groups in total. The fraction of sp³-hybridized carbons (Fsp3) is 0.118. The van der Waals surface area contributed by atoms with Crippen LogP contribution in [0, 0.1) is 0 Å². The second-order valence-corrected chi connectivity index (χ2v) is 5.30. The summed E-state index contributed by atoms with van der Waals surface area (Å²) in [5.41, 5.74) is -0.215. The van der Waals surface area contributed by atoms with Gasteiger partial charge < -0.3 is 20.1 Å². The van der Waals surface area contributed by atoms with Crippen LogP contribution in [0.4, 0.5) is 0 Å². The molecule has 0 aliphatic heterocycles. The number of aromatic hydroxyl groups is 2. The molecule has 0 bridgehead atoms. The normalized spacial score (nSPS) is 10.8. The molecule has 8 heteroatoms. The average molecular weight is 342 g/mol. The quantitative estimate of drug-likeness (QED) is 0.615. The number of rotatable bonds is 4. The van der Waals surface area contributed by atoms with E-state index in [0.717, 1.165) is 4.57 Å². The van der Waals surface area contributed by atoms with Gasteiger partial charge in [0.05, 0.1) is 23.7 Å². The third kappa shape index (κ3) is 2.97. The van der Waals surface area contributed by atoms with Crippen LogP contribution in [0.2, 0.25) is 0 Å². The van der Waals surface area contributed by atoms with E-state index in [-0.39, 0.29) is 28.3 Å². The minimum Gasteiger partial charge on any atom is -0.508 e. The maximum Gasteiger partial charge on any atom is 0.323 e. The molecule has 0 saturated carbocycles. The second kappa shape index (κ2) is 6.16. The number of phenols is 2. The summed E-state index contributed by atoms with van der Waals surface area (Å²) in [6, 6.07) is 8.40. The SMILES string of the molecule is COc1ccc2nc(-c3cc(O)ccc3O)c(=O)n(CC(=O)O)c2c1. The zero-order chi connectivity index (χ0) is 18.1. The molecule has 128 valence electrons. The number of phenolic OH excluding ortho intramolecular Hbond substituents is 2. The summed E-state index contributed by atoms with van der Waals surface area (Å²) in [5, 5.41) is 28.8. The van der Waals surface area contributed by atoms with Crippen molar-refractivity contribution in [1.82, 2.24) is 9.55 Å². The molecule has 0 aliphatic carbocycles. The Balaban J connectivity index is 2.38. The van der Waals surface area contributed by atoms with Crippen LogP contribution in [0.5, 0.6) is 17.2 Å². The van der Waals surface area contributed by atoms with Gasteiger partial charge in [0.2, 0.25) is 0 Å². The summed E-state index contributed by atoms with van der Waals surface area (Å²) >= 11 is 0. The predicted octanol–water partition coefficient (Wildman–Crippen LogP) is 1.57. The number of carbonyl (C=O) groups is 1. The van der Waals surface area contributed by atoms with Crippen LogP contribution in [0.3, 0.4) is 0 Å². The van der Waals surface area contributed by atoms with Crippen LogP contribution >= 0.6 is 0 Å². The highest BCUT2D eigenvalue weighted by Gasteiger charge is 2.18. The Bertz CT molecular complexity index is 1040. The Morgan fingerprint density at radius 2 is 1.96 bits per heavy atom. The Labute approximate surface area is 141 Å². The van der Waals surface area contributed by atoms with Gasteiger partial charge in [0.25, 0.3) is 5.56 Å². The lowest BCUT2D eigenvalue weighted by molar-refractivity contribution is -0.137. The molecule has 3 aromatic rings. The number of benzene rings is 2. The molecule has 1 aromatic heterocycles. The number of fused-ring (bicyclic) bond motifs is 1. The Morgan fingerprint density at radius 1 is 1.20 bits per heavy atom. The minimum absolute atomic E-state index is 0.0156. The lowest BCUT2D eigenvalue weighted by Crippen LogP contribution is -2.27. The highest BCUT2D eigenvalue weighted by Crippen LogP contribution is 2.30. The molecule has 3 rings (SSSR count). The van der Waals surface area contributed by atoms with Gasteiger partial charge in [-0.1, -0.05) is 0 Å². The van der Waals surface area contributed by atoms with Gasteiger partial charge in [0.1, 0.15) is 29.5 Å². The number of hydrogen-bond donors (Lipinski definition) is 3. The van der Waals surface area contributed by atoms with Gasteiger partial charge >= 0.3 is 5.97 Å². The van der Waals surface area contributed by atoms with Crippen molar-refractivity contribution in [1.29, 1.82) is 0 Å². The summed E-state index contributed by atoms with van der Waals surface area (Å²) in [4.78, 5) is 28.2. The number of methoxy groups -OCH3 is 1. The molecule has 2 aromatic carbocycles. The summed E-state index contributed by atoms with van der Waals surface area (Å²) in [6.45, 7) is -0.586. The largest absolute Gasteiger partial charge is 0.508 e. The average Bonchev–Trinajstić information content (AvgIpc) is 2.58. The van der Waals surface area contributed by atoms with Crippen LogP contribution in [0.1, 0.15) is 0 Å². The molecule has 0 unspecified atom stereocenters. The molecule has 0 aliphatic rings. The Morgan fingerprint density at radius 3 is 2.64 bits per heavy atom. The first-order valence-electron chi connectivity index (χ1n) is 7.23. The summed E-state index contributed by atoms with van der Waals surface area (Å²) in [7, 11) is 1.45. The smallest absolute Gasteiger partial charge is 0.323 e. The van der Waals surface area contributed by atoms with Crippen LogP contribution in [0.15, 0.2) is 41.2 Å². The van der Waals surface area contributed by atoms with E-state index in [9.17, 15) is 19.8 Å². The fourth-order valence-electron chi connectivity index (χ4n) is 2.53.